The molecule has 2 fully saturated rings. The first kappa shape index (κ1) is 27.8. The Morgan fingerprint density at radius 1 is 0.884 bits per heavy atom. The van der Waals surface area contributed by atoms with Crippen LogP contribution < -0.4 is 30.0 Å². The summed E-state index contributed by atoms with van der Waals surface area (Å²) < 4.78 is 43.4. The number of carbonyl (C=O) groups excluding carboxylic acids is 1. The molecule has 2 N–H and O–H groups in total. The average molecular weight is 605 g/mol. The van der Waals surface area contributed by atoms with Crippen LogP contribution in [0.3, 0.4) is 0 Å². The van der Waals surface area contributed by atoms with Gasteiger partial charge in [0.1, 0.15) is 13.2 Å². The van der Waals surface area contributed by atoms with Crippen molar-refractivity contribution in [2.45, 2.75) is 61.9 Å². The van der Waals surface area contributed by atoms with Gasteiger partial charge in [-0.1, -0.05) is 25.3 Å². The summed E-state index contributed by atoms with van der Waals surface area (Å²) in [4.78, 5) is 28.1. The minimum absolute atomic E-state index is 0.0156. The van der Waals surface area contributed by atoms with E-state index in [1.165, 1.54) is 18.6 Å². The molecule has 10 nitrogen and oxygen atoms in total. The van der Waals surface area contributed by atoms with Gasteiger partial charge >= 0.3 is 0 Å². The lowest BCUT2D eigenvalue weighted by Crippen LogP contribution is -2.47. The minimum atomic E-state index is -4.04. The fourth-order valence-corrected chi connectivity index (χ4v) is 8.12. The van der Waals surface area contributed by atoms with Crippen molar-refractivity contribution in [1.29, 1.82) is 0 Å². The van der Waals surface area contributed by atoms with Crippen LogP contribution in [0.1, 0.15) is 60.5 Å². The van der Waals surface area contributed by atoms with E-state index in [-0.39, 0.29) is 34.2 Å². The number of amides is 1. The molecule has 1 amide bonds. The first-order valence-corrected chi connectivity index (χ1v) is 16.6. The zero-order valence-corrected chi connectivity index (χ0v) is 24.8. The monoisotopic (exact) mass is 604 g/mol. The van der Waals surface area contributed by atoms with Crippen LogP contribution in [-0.4, -0.2) is 51.2 Å². The average Bonchev–Trinajstić information content (AvgIpc) is 3.01. The first-order chi connectivity index (χ1) is 20.8. The van der Waals surface area contributed by atoms with E-state index in [2.05, 4.69) is 14.9 Å². The van der Waals surface area contributed by atoms with Gasteiger partial charge in [0.25, 0.3) is 21.5 Å². The van der Waals surface area contributed by atoms with Crippen molar-refractivity contribution in [3.63, 3.8) is 0 Å². The lowest BCUT2D eigenvalue weighted by molar-refractivity contribution is 0.0927. The van der Waals surface area contributed by atoms with Crippen LogP contribution in [0.5, 0.6) is 11.5 Å². The highest BCUT2D eigenvalue weighted by atomic mass is 32.2. The lowest BCUT2D eigenvalue weighted by atomic mass is 9.83. The number of carbonyl (C=O) groups is 1. The summed E-state index contributed by atoms with van der Waals surface area (Å²) in [5.74, 6) is 1.06. The van der Waals surface area contributed by atoms with E-state index in [4.69, 9.17) is 9.47 Å². The number of anilines is 2. The number of ether oxygens (including phenoxy) is 2. The number of piperidine rings is 1. The Bertz CT molecular complexity index is 1710. The molecule has 0 spiro atoms. The molecule has 3 aromatic rings. The Labute approximate surface area is 251 Å². The maximum Gasteiger partial charge on any atom is 0.262 e. The molecule has 11 heteroatoms. The summed E-state index contributed by atoms with van der Waals surface area (Å²) in [6.45, 7) is 2.68. The summed E-state index contributed by atoms with van der Waals surface area (Å²) in [6.07, 6.45) is 6.25. The van der Waals surface area contributed by atoms with Crippen molar-refractivity contribution in [3.05, 3.63) is 76.2 Å². The zero-order valence-electron chi connectivity index (χ0n) is 24.0. The number of sulfonamides is 1. The molecule has 2 bridgehead atoms. The zero-order chi connectivity index (χ0) is 29.6. The number of hydrogen-bond donors (Lipinski definition) is 2. The van der Waals surface area contributed by atoms with Gasteiger partial charge in [0, 0.05) is 55.0 Å². The smallest absolute Gasteiger partial charge is 0.262 e. The number of rotatable bonds is 6. The molecule has 4 heterocycles. The van der Waals surface area contributed by atoms with Crippen molar-refractivity contribution < 1.29 is 22.7 Å². The third-order valence-corrected chi connectivity index (χ3v) is 10.5. The van der Waals surface area contributed by atoms with E-state index in [0.29, 0.717) is 61.3 Å². The minimum Gasteiger partial charge on any atom is -0.486 e. The molecular formula is C32H36N4O6S. The Kier molecular flexibility index (Phi) is 7.28. The van der Waals surface area contributed by atoms with Crippen LogP contribution in [0, 0.1) is 5.92 Å². The maximum absolute atomic E-state index is 13.8. The number of nitrogens with zero attached hydrogens (tertiary/aromatic N) is 2. The quantitative estimate of drug-likeness (QED) is 0.435. The van der Waals surface area contributed by atoms with E-state index >= 15 is 0 Å². The molecule has 1 aliphatic carbocycles. The van der Waals surface area contributed by atoms with E-state index in [1.807, 2.05) is 16.7 Å². The van der Waals surface area contributed by atoms with Crippen LogP contribution in [0.2, 0.25) is 0 Å². The van der Waals surface area contributed by atoms with Gasteiger partial charge in [-0.05, 0) is 61.6 Å². The van der Waals surface area contributed by atoms with Crippen molar-refractivity contribution in [2.24, 2.45) is 5.92 Å². The van der Waals surface area contributed by atoms with Crippen molar-refractivity contribution in [3.8, 4) is 11.5 Å². The van der Waals surface area contributed by atoms with Gasteiger partial charge in [-0.15, -0.1) is 0 Å². The number of pyridine rings is 1. The molecule has 1 aromatic heterocycles. The topological polar surface area (TPSA) is 119 Å². The second kappa shape index (κ2) is 11.3. The van der Waals surface area contributed by atoms with Crippen molar-refractivity contribution in [1.82, 2.24) is 9.88 Å². The van der Waals surface area contributed by atoms with Gasteiger partial charge in [-0.2, -0.15) is 0 Å². The van der Waals surface area contributed by atoms with Gasteiger partial charge in [-0.3, -0.25) is 14.3 Å². The highest BCUT2D eigenvalue weighted by molar-refractivity contribution is 7.92. The molecule has 2 aromatic carbocycles. The van der Waals surface area contributed by atoms with Gasteiger partial charge in [0.2, 0.25) is 0 Å². The summed E-state index contributed by atoms with van der Waals surface area (Å²) in [5.41, 5.74) is 2.48. The van der Waals surface area contributed by atoms with Crippen molar-refractivity contribution >= 4 is 27.3 Å². The molecule has 0 radical (unpaired) electrons. The van der Waals surface area contributed by atoms with Gasteiger partial charge in [0.15, 0.2) is 11.5 Å². The summed E-state index contributed by atoms with van der Waals surface area (Å²) >= 11 is 0. The fraction of sp³-hybridized carbons (Fsp3) is 0.438. The summed E-state index contributed by atoms with van der Waals surface area (Å²) in [6, 6.07) is 15.4. The molecular weight excluding hydrogens is 568 g/mol. The van der Waals surface area contributed by atoms with E-state index in [9.17, 15) is 18.0 Å². The molecule has 4 aliphatic rings. The SMILES string of the molecule is O=C(NC1CCCCC1)c1ccc(N2CC3CC(C2)c2cccc(=O)n2C3)c(NS(=O)(=O)c2ccc3c(c2)OCCO3)c1. The van der Waals surface area contributed by atoms with Gasteiger partial charge < -0.3 is 24.3 Å². The fourth-order valence-electron chi connectivity index (χ4n) is 7.04. The second-order valence-corrected chi connectivity index (χ2v) is 13.7. The Balaban J connectivity index is 1.22. The third kappa shape index (κ3) is 5.58. The molecule has 1 saturated carbocycles. The van der Waals surface area contributed by atoms with E-state index in [1.54, 1.807) is 30.3 Å². The first-order valence-electron chi connectivity index (χ1n) is 15.2. The normalized spacial score (nSPS) is 21.5. The van der Waals surface area contributed by atoms with Crippen LogP contribution >= 0.6 is 0 Å². The highest BCUT2D eigenvalue weighted by Crippen LogP contribution is 2.40. The van der Waals surface area contributed by atoms with Crippen LogP contribution in [0.4, 0.5) is 11.4 Å². The largest absolute Gasteiger partial charge is 0.486 e. The van der Waals surface area contributed by atoms with Crippen LogP contribution in [-0.2, 0) is 16.6 Å². The molecule has 7 rings (SSSR count). The molecule has 43 heavy (non-hydrogen) atoms. The van der Waals surface area contributed by atoms with Crippen LogP contribution in [0.15, 0.2) is 64.3 Å². The second-order valence-electron chi connectivity index (χ2n) is 12.1. The molecule has 3 aliphatic heterocycles. The predicted octanol–water partition coefficient (Wildman–Crippen LogP) is 4.11. The molecule has 1 saturated heterocycles. The predicted molar refractivity (Wildman–Crippen MR) is 163 cm³/mol. The van der Waals surface area contributed by atoms with E-state index < -0.39 is 10.0 Å². The van der Waals surface area contributed by atoms with Gasteiger partial charge in [0.05, 0.1) is 16.3 Å². The molecule has 2 atom stereocenters. The standard InChI is InChI=1S/C32H36N4O6S/c37-31-8-4-7-27-23-15-21(19-36(27)31)18-35(20-23)28-11-9-22(32(38)33-24-5-2-1-3-6-24)16-26(28)34-43(39,40)25-10-12-29-30(17-25)42-14-13-41-29/h4,7-12,16-17,21,23-24,34H,1-3,5-6,13-15,18-20H2,(H,33,38). The molecule has 2 unspecified atom stereocenters. The third-order valence-electron chi connectivity index (χ3n) is 9.09. The van der Waals surface area contributed by atoms with Crippen LogP contribution in [0.25, 0.3) is 0 Å². The summed E-state index contributed by atoms with van der Waals surface area (Å²) in [5, 5.41) is 3.15. The Hall–Kier alpha value is -3.99. The molecule has 226 valence electrons. The van der Waals surface area contributed by atoms with E-state index in [0.717, 1.165) is 37.8 Å². The van der Waals surface area contributed by atoms with Gasteiger partial charge in [-0.25, -0.2) is 8.42 Å². The number of aromatic nitrogens is 1. The lowest BCUT2D eigenvalue weighted by Gasteiger charge is -2.44. The summed E-state index contributed by atoms with van der Waals surface area (Å²) in [7, 11) is -4.04. The van der Waals surface area contributed by atoms with Crippen molar-refractivity contribution in [2.75, 3.05) is 35.9 Å². The number of hydrogen-bond acceptors (Lipinski definition) is 7. The Morgan fingerprint density at radius 2 is 1.70 bits per heavy atom. The highest BCUT2D eigenvalue weighted by Gasteiger charge is 2.36. The number of fused-ring (bicyclic) bond motifs is 5. The maximum atomic E-state index is 13.8. The number of nitrogens with one attached hydrogen (secondary N) is 2. The number of benzene rings is 2. The Morgan fingerprint density at radius 3 is 2.53 bits per heavy atom.